The van der Waals surface area contributed by atoms with E-state index in [1.165, 1.54) is 7.11 Å². The first-order valence-electron chi connectivity index (χ1n) is 10.3. The maximum absolute atomic E-state index is 12.1. The highest BCUT2D eigenvalue weighted by atomic mass is 16.5. The van der Waals surface area contributed by atoms with Crippen molar-refractivity contribution in [1.29, 1.82) is 0 Å². The van der Waals surface area contributed by atoms with Crippen LogP contribution in [-0.2, 0) is 9.47 Å². The van der Waals surface area contributed by atoms with Crippen LogP contribution in [0.4, 0.5) is 5.82 Å². The summed E-state index contributed by atoms with van der Waals surface area (Å²) in [7, 11) is 1.38. The second kappa shape index (κ2) is 8.37. The molecule has 9 nitrogen and oxygen atoms in total. The molecule has 31 heavy (non-hydrogen) atoms. The van der Waals surface area contributed by atoms with Gasteiger partial charge in [0.15, 0.2) is 0 Å². The molecule has 4 aromatic heterocycles. The lowest BCUT2D eigenvalue weighted by Crippen LogP contribution is -2.39. The van der Waals surface area contributed by atoms with Crippen LogP contribution in [0.15, 0.2) is 49.1 Å². The summed E-state index contributed by atoms with van der Waals surface area (Å²) in [5, 5.41) is 3.55. The number of hydrogen-bond donors (Lipinski definition) is 1. The minimum absolute atomic E-state index is 0.378. The Labute approximate surface area is 179 Å². The standard InChI is InChI=1S/C22H24N6O3/c1-30-22(29)17-3-5-19-25-20(16-2-4-18-23-7-9-27(18)14-16)21(28(19)15-17)24-6-8-26-10-12-31-13-11-26/h2-5,7,9,14-15,24H,6,8,10-13H2,1H3. The van der Waals surface area contributed by atoms with Crippen LogP contribution < -0.4 is 5.32 Å². The van der Waals surface area contributed by atoms with Gasteiger partial charge in [0.1, 0.15) is 22.8 Å². The monoisotopic (exact) mass is 420 g/mol. The van der Waals surface area contributed by atoms with Gasteiger partial charge in [-0.25, -0.2) is 14.8 Å². The zero-order valence-electron chi connectivity index (χ0n) is 17.3. The molecule has 0 amide bonds. The van der Waals surface area contributed by atoms with Crippen LogP contribution >= 0.6 is 0 Å². The predicted octanol–water partition coefficient (Wildman–Crippen LogP) is 2.18. The van der Waals surface area contributed by atoms with Crippen LogP contribution in [-0.4, -0.2) is 76.1 Å². The Bertz CT molecular complexity index is 1220. The Morgan fingerprint density at radius 3 is 2.84 bits per heavy atom. The van der Waals surface area contributed by atoms with Crippen LogP contribution in [0, 0.1) is 0 Å². The number of pyridine rings is 2. The van der Waals surface area contributed by atoms with E-state index in [2.05, 4.69) is 15.2 Å². The molecule has 0 aromatic carbocycles. The van der Waals surface area contributed by atoms with Gasteiger partial charge in [0, 0.05) is 56.5 Å². The number of fused-ring (bicyclic) bond motifs is 2. The Morgan fingerprint density at radius 1 is 1.16 bits per heavy atom. The van der Waals surface area contributed by atoms with Crippen molar-refractivity contribution in [2.75, 3.05) is 51.8 Å². The van der Waals surface area contributed by atoms with E-state index in [0.717, 1.165) is 67.8 Å². The summed E-state index contributed by atoms with van der Waals surface area (Å²) in [6.45, 7) is 5.06. The fraction of sp³-hybridized carbons (Fsp3) is 0.318. The smallest absolute Gasteiger partial charge is 0.339 e. The zero-order chi connectivity index (χ0) is 21.2. The van der Waals surface area contributed by atoms with E-state index in [1.54, 1.807) is 18.5 Å². The van der Waals surface area contributed by atoms with Gasteiger partial charge in [0.05, 0.1) is 25.9 Å². The number of hydrogen-bond acceptors (Lipinski definition) is 7. The summed E-state index contributed by atoms with van der Waals surface area (Å²) >= 11 is 0. The van der Waals surface area contributed by atoms with Gasteiger partial charge in [-0.2, -0.15) is 0 Å². The maximum Gasteiger partial charge on any atom is 0.339 e. The SMILES string of the molecule is COC(=O)c1ccc2nc(-c3ccc4nccn4c3)c(NCCN3CCOCC3)n2c1. The number of esters is 1. The maximum atomic E-state index is 12.1. The van der Waals surface area contributed by atoms with Crippen molar-refractivity contribution in [3.8, 4) is 11.3 Å². The fourth-order valence-electron chi connectivity index (χ4n) is 3.87. The van der Waals surface area contributed by atoms with Gasteiger partial charge in [-0.15, -0.1) is 0 Å². The average Bonchev–Trinajstić information content (AvgIpc) is 3.43. The number of aromatic nitrogens is 4. The van der Waals surface area contributed by atoms with E-state index in [0.29, 0.717) is 5.56 Å². The summed E-state index contributed by atoms with van der Waals surface area (Å²) in [6, 6.07) is 7.54. The Kier molecular flexibility index (Phi) is 5.27. The number of methoxy groups -OCH3 is 1. The molecule has 4 aromatic rings. The molecule has 160 valence electrons. The second-order valence-electron chi connectivity index (χ2n) is 7.44. The van der Waals surface area contributed by atoms with Gasteiger partial charge in [0.2, 0.25) is 0 Å². The van der Waals surface area contributed by atoms with Crippen molar-refractivity contribution >= 4 is 23.1 Å². The van der Waals surface area contributed by atoms with E-state index in [1.807, 2.05) is 39.4 Å². The van der Waals surface area contributed by atoms with Gasteiger partial charge in [-0.1, -0.05) is 0 Å². The third kappa shape index (κ3) is 3.85. The van der Waals surface area contributed by atoms with E-state index in [9.17, 15) is 4.79 Å². The first-order chi connectivity index (χ1) is 15.2. The van der Waals surface area contributed by atoms with Crippen LogP contribution in [0.2, 0.25) is 0 Å². The molecular formula is C22H24N6O3. The first-order valence-corrected chi connectivity index (χ1v) is 10.3. The number of anilines is 1. The fourth-order valence-corrected chi connectivity index (χ4v) is 3.87. The topological polar surface area (TPSA) is 85.4 Å². The van der Waals surface area contributed by atoms with Crippen LogP contribution in [0.3, 0.4) is 0 Å². The number of carbonyl (C=O) groups is 1. The number of imidazole rings is 2. The zero-order valence-corrected chi connectivity index (χ0v) is 17.3. The molecule has 5 rings (SSSR count). The predicted molar refractivity (Wildman–Crippen MR) is 116 cm³/mol. The summed E-state index contributed by atoms with van der Waals surface area (Å²) in [5.41, 5.74) is 3.88. The molecule has 0 unspecified atom stereocenters. The van der Waals surface area contributed by atoms with Crippen molar-refractivity contribution in [1.82, 2.24) is 23.7 Å². The molecule has 0 saturated carbocycles. The highest BCUT2D eigenvalue weighted by Crippen LogP contribution is 2.29. The number of nitrogens with one attached hydrogen (secondary N) is 1. The largest absolute Gasteiger partial charge is 0.465 e. The van der Waals surface area contributed by atoms with Crippen LogP contribution in [0.25, 0.3) is 22.6 Å². The quantitative estimate of drug-likeness (QED) is 0.479. The van der Waals surface area contributed by atoms with Gasteiger partial charge in [0.25, 0.3) is 0 Å². The number of nitrogens with zero attached hydrogens (tertiary/aromatic N) is 5. The minimum atomic E-state index is -0.378. The molecule has 0 spiro atoms. The second-order valence-corrected chi connectivity index (χ2v) is 7.44. The lowest BCUT2D eigenvalue weighted by molar-refractivity contribution is 0.0398. The molecule has 0 atom stereocenters. The molecule has 1 fully saturated rings. The number of rotatable bonds is 6. The van der Waals surface area contributed by atoms with Gasteiger partial charge in [-0.3, -0.25) is 9.30 Å². The molecule has 1 saturated heterocycles. The first kappa shape index (κ1) is 19.5. The van der Waals surface area contributed by atoms with E-state index in [4.69, 9.17) is 14.5 Å². The molecule has 0 aliphatic carbocycles. The molecule has 1 aliphatic rings. The van der Waals surface area contributed by atoms with Crippen LogP contribution in [0.5, 0.6) is 0 Å². The van der Waals surface area contributed by atoms with E-state index in [-0.39, 0.29) is 5.97 Å². The molecule has 1 aliphatic heterocycles. The summed E-state index contributed by atoms with van der Waals surface area (Å²) in [6.07, 6.45) is 7.46. The normalized spacial score (nSPS) is 14.9. The molecule has 0 bridgehead atoms. The van der Waals surface area contributed by atoms with E-state index >= 15 is 0 Å². The third-order valence-corrected chi connectivity index (χ3v) is 5.53. The van der Waals surface area contributed by atoms with Crippen molar-refractivity contribution in [3.05, 3.63) is 54.6 Å². The summed E-state index contributed by atoms with van der Waals surface area (Å²) < 4.78 is 14.2. The molecule has 0 radical (unpaired) electrons. The molecule has 5 heterocycles. The van der Waals surface area contributed by atoms with Crippen molar-refractivity contribution in [3.63, 3.8) is 0 Å². The average molecular weight is 420 g/mol. The number of morpholine rings is 1. The number of carbonyl (C=O) groups excluding carboxylic acids is 1. The third-order valence-electron chi connectivity index (χ3n) is 5.53. The van der Waals surface area contributed by atoms with Gasteiger partial charge in [-0.05, 0) is 24.3 Å². The molecule has 1 N–H and O–H groups in total. The number of ether oxygens (including phenoxy) is 2. The lowest BCUT2D eigenvalue weighted by Gasteiger charge is -2.26. The Hall–Kier alpha value is -3.43. The van der Waals surface area contributed by atoms with Crippen molar-refractivity contribution in [2.24, 2.45) is 0 Å². The van der Waals surface area contributed by atoms with Gasteiger partial charge >= 0.3 is 5.97 Å². The summed E-state index contributed by atoms with van der Waals surface area (Å²) in [5.74, 6) is 0.463. The molecular weight excluding hydrogens is 396 g/mol. The Morgan fingerprint density at radius 2 is 2.00 bits per heavy atom. The lowest BCUT2D eigenvalue weighted by atomic mass is 10.2. The van der Waals surface area contributed by atoms with Crippen molar-refractivity contribution < 1.29 is 14.3 Å². The molecule has 9 heteroatoms. The Balaban J connectivity index is 1.52. The highest BCUT2D eigenvalue weighted by molar-refractivity contribution is 5.90. The van der Waals surface area contributed by atoms with Crippen LogP contribution in [0.1, 0.15) is 10.4 Å². The van der Waals surface area contributed by atoms with Gasteiger partial charge < -0.3 is 19.2 Å². The van der Waals surface area contributed by atoms with E-state index < -0.39 is 0 Å². The minimum Gasteiger partial charge on any atom is -0.465 e. The van der Waals surface area contributed by atoms with Crippen molar-refractivity contribution in [2.45, 2.75) is 0 Å². The highest BCUT2D eigenvalue weighted by Gasteiger charge is 2.17. The summed E-state index contributed by atoms with van der Waals surface area (Å²) in [4.78, 5) is 23.6.